The van der Waals surface area contributed by atoms with E-state index in [2.05, 4.69) is 365 Å². The zero-order valence-electron chi connectivity index (χ0n) is 51.6. The van der Waals surface area contributed by atoms with E-state index in [0.29, 0.717) is 0 Å². The maximum atomic E-state index is 2.54. The second kappa shape index (κ2) is 21.8. The van der Waals surface area contributed by atoms with E-state index in [9.17, 15) is 0 Å². The molecular weight excluding hydrogens is 1120 g/mol. The Morgan fingerprint density at radius 3 is 0.849 bits per heavy atom. The molecule has 0 bridgehead atoms. The van der Waals surface area contributed by atoms with Crippen molar-refractivity contribution in [3.8, 4) is 122 Å². The van der Waals surface area contributed by atoms with Gasteiger partial charge in [0.15, 0.2) is 0 Å². The Morgan fingerprint density at radius 2 is 0.430 bits per heavy atom. The van der Waals surface area contributed by atoms with Crippen molar-refractivity contribution in [1.82, 2.24) is 0 Å². The average molecular weight is 1180 g/mol. The third-order valence-electron chi connectivity index (χ3n) is 20.4. The number of rotatable bonds is 10. The predicted molar refractivity (Wildman–Crippen MR) is 388 cm³/mol. The van der Waals surface area contributed by atoms with Crippen LogP contribution in [0, 0.1) is 6.92 Å². The van der Waals surface area contributed by atoms with Crippen LogP contribution in [-0.4, -0.2) is 0 Å². The molecule has 0 saturated heterocycles. The lowest BCUT2D eigenvalue weighted by molar-refractivity contribution is 0.764. The van der Waals surface area contributed by atoms with Crippen LogP contribution in [0.25, 0.3) is 122 Å². The molecule has 15 aromatic carbocycles. The molecule has 0 aromatic heterocycles. The van der Waals surface area contributed by atoms with Gasteiger partial charge >= 0.3 is 0 Å². The molecule has 0 heteroatoms. The van der Waals surface area contributed by atoms with Gasteiger partial charge in [0.2, 0.25) is 0 Å². The highest BCUT2D eigenvalue weighted by atomic mass is 14.6. The summed E-state index contributed by atoms with van der Waals surface area (Å²) < 4.78 is 0. The second-order valence-electron chi connectivity index (χ2n) is 25.5. The van der Waals surface area contributed by atoms with Crippen LogP contribution >= 0.6 is 0 Å². The van der Waals surface area contributed by atoms with Crippen molar-refractivity contribution in [3.63, 3.8) is 0 Å². The minimum absolute atomic E-state index is 0.496. The summed E-state index contributed by atoms with van der Waals surface area (Å²) in [6.45, 7) is 2.26. The molecule has 0 atom stereocenters. The van der Waals surface area contributed by atoms with Crippen LogP contribution in [0.4, 0.5) is 0 Å². The van der Waals surface area contributed by atoms with Crippen LogP contribution in [0.2, 0.25) is 0 Å². The van der Waals surface area contributed by atoms with Crippen LogP contribution in [-0.2, 0) is 10.8 Å². The molecule has 0 radical (unpaired) electrons. The summed E-state index contributed by atoms with van der Waals surface area (Å²) >= 11 is 0. The van der Waals surface area contributed by atoms with Crippen LogP contribution in [0.3, 0.4) is 0 Å². The van der Waals surface area contributed by atoms with E-state index in [1.165, 1.54) is 172 Å². The van der Waals surface area contributed by atoms with Gasteiger partial charge in [0.25, 0.3) is 0 Å². The van der Waals surface area contributed by atoms with Gasteiger partial charge in [-0.15, -0.1) is 0 Å². The molecule has 0 fully saturated rings. The maximum absolute atomic E-state index is 2.54. The zero-order valence-corrected chi connectivity index (χ0v) is 51.6. The quantitative estimate of drug-likeness (QED) is 0.128. The highest BCUT2D eigenvalue weighted by Crippen LogP contribution is 2.68. The second-order valence-corrected chi connectivity index (χ2v) is 25.5. The van der Waals surface area contributed by atoms with Gasteiger partial charge in [-0.1, -0.05) is 303 Å². The SMILES string of the molecule is Cc1ccc2c(c1)-c1c(ccc3c1-c1ccccc1C31c3ccccc3-c3ccccc31)C2(c1cccc(-c2cccc(-c3cc(-c4ccccc4)cc(-c4ccccc4)c3)c2)c1)c1cccc(-c2cccc(-c3cc(-c4ccccc4)cc(-c4ccccc4)c3)c2)c1. The molecule has 18 rings (SSSR count). The lowest BCUT2D eigenvalue weighted by Gasteiger charge is -2.35. The molecule has 434 valence electrons. The Labute approximate surface area is 544 Å². The first kappa shape index (κ1) is 54.3. The fraction of sp³-hybridized carbons (Fsp3) is 0.0323. The van der Waals surface area contributed by atoms with Gasteiger partial charge in [-0.3, -0.25) is 0 Å². The molecule has 0 heterocycles. The molecule has 0 saturated carbocycles. The van der Waals surface area contributed by atoms with Gasteiger partial charge < -0.3 is 0 Å². The summed E-state index contributed by atoms with van der Waals surface area (Å²) in [7, 11) is 0. The van der Waals surface area contributed by atoms with Crippen molar-refractivity contribution in [3.05, 3.63) is 408 Å². The van der Waals surface area contributed by atoms with Gasteiger partial charge in [0, 0.05) is 0 Å². The molecule has 15 aromatic rings. The number of benzene rings is 15. The van der Waals surface area contributed by atoms with E-state index < -0.39 is 10.8 Å². The van der Waals surface area contributed by atoms with Gasteiger partial charge in [-0.05, 0) is 234 Å². The molecule has 0 nitrogen and oxygen atoms in total. The van der Waals surface area contributed by atoms with E-state index in [0.717, 1.165) is 0 Å². The monoisotopic (exact) mass is 1180 g/mol. The van der Waals surface area contributed by atoms with Gasteiger partial charge in [-0.2, -0.15) is 0 Å². The molecule has 3 aliphatic carbocycles. The lowest BCUT2D eigenvalue weighted by Crippen LogP contribution is -2.29. The Hall–Kier alpha value is -11.7. The molecule has 93 heavy (non-hydrogen) atoms. The van der Waals surface area contributed by atoms with Gasteiger partial charge in [0.1, 0.15) is 0 Å². The van der Waals surface area contributed by atoms with Crippen LogP contribution < -0.4 is 0 Å². The van der Waals surface area contributed by atoms with E-state index in [-0.39, 0.29) is 0 Å². The fourth-order valence-corrected chi connectivity index (χ4v) is 16.3. The van der Waals surface area contributed by atoms with Gasteiger partial charge in [0.05, 0.1) is 10.8 Å². The Balaban J connectivity index is 0.855. The molecular formula is C93H62. The van der Waals surface area contributed by atoms with E-state index in [1.54, 1.807) is 0 Å². The largest absolute Gasteiger partial charge is 0.0725 e. The number of aryl methyl sites for hydroxylation is 1. The number of hydrogen-bond acceptors (Lipinski definition) is 0. The Kier molecular flexibility index (Phi) is 12.7. The van der Waals surface area contributed by atoms with Crippen molar-refractivity contribution in [1.29, 1.82) is 0 Å². The fourth-order valence-electron chi connectivity index (χ4n) is 16.3. The number of hydrogen-bond donors (Lipinski definition) is 0. The standard InChI is InChI=1S/C93H62/c1-61-46-47-87-83(50-61)91-88(48-49-89-90(91)82-42-16-19-45-86(82)93(89)84-43-17-14-40-80(84)81-41-15-18-44-85(81)93)92(87,78-38-22-36-70(59-78)66-32-20-34-68(51-66)76-55-72(62-24-6-2-7-25-62)53-73(56-76)63-26-8-3-9-27-63)79-39-23-37-71(60-79)67-33-21-35-69(52-67)77-57-74(64-28-10-4-11-29-64)54-75(58-77)65-30-12-5-13-31-65/h2-60H,1H3. The van der Waals surface area contributed by atoms with Crippen molar-refractivity contribution in [2.45, 2.75) is 17.8 Å². The molecule has 0 amide bonds. The first-order valence-corrected chi connectivity index (χ1v) is 32.5. The Morgan fingerprint density at radius 1 is 0.161 bits per heavy atom. The minimum Gasteiger partial charge on any atom is -0.0622 e. The van der Waals surface area contributed by atoms with Crippen molar-refractivity contribution in [2.24, 2.45) is 0 Å². The van der Waals surface area contributed by atoms with Crippen LogP contribution in [0.5, 0.6) is 0 Å². The highest BCUT2D eigenvalue weighted by Gasteiger charge is 2.55. The summed E-state index contributed by atoms with van der Waals surface area (Å²) in [6.07, 6.45) is 0. The van der Waals surface area contributed by atoms with Crippen molar-refractivity contribution >= 4 is 0 Å². The normalized spacial score (nSPS) is 13.2. The third kappa shape index (κ3) is 8.60. The summed E-state index contributed by atoms with van der Waals surface area (Å²) in [5, 5.41) is 0. The topological polar surface area (TPSA) is 0 Å². The maximum Gasteiger partial charge on any atom is 0.0725 e. The first-order valence-electron chi connectivity index (χ1n) is 32.5. The summed E-state index contributed by atoms with van der Waals surface area (Å²) in [4.78, 5) is 0. The lowest BCUT2D eigenvalue weighted by atomic mass is 9.66. The zero-order chi connectivity index (χ0) is 61.6. The van der Waals surface area contributed by atoms with E-state index in [4.69, 9.17) is 0 Å². The molecule has 1 spiro atoms. The third-order valence-corrected chi connectivity index (χ3v) is 20.4. The molecule has 0 N–H and O–H groups in total. The predicted octanol–water partition coefficient (Wildman–Crippen LogP) is 24.0. The smallest absolute Gasteiger partial charge is 0.0622 e. The van der Waals surface area contributed by atoms with Crippen molar-refractivity contribution in [2.75, 3.05) is 0 Å². The van der Waals surface area contributed by atoms with Crippen molar-refractivity contribution < 1.29 is 0 Å². The van der Waals surface area contributed by atoms with E-state index >= 15 is 0 Å². The summed E-state index contributed by atoms with van der Waals surface area (Å²) in [6, 6.07) is 135. The first-order chi connectivity index (χ1) is 46.0. The van der Waals surface area contributed by atoms with Crippen LogP contribution in [0.15, 0.2) is 358 Å². The summed E-state index contributed by atoms with van der Waals surface area (Å²) in [5.41, 5.74) is 37.2. The minimum atomic E-state index is -0.756. The Bertz CT molecular complexity index is 5060. The highest BCUT2D eigenvalue weighted by molar-refractivity contribution is 6.05. The van der Waals surface area contributed by atoms with E-state index in [1.807, 2.05) is 0 Å². The molecule has 3 aliphatic rings. The average Bonchev–Trinajstić information content (AvgIpc) is 1.50. The molecule has 0 aliphatic heterocycles. The molecule has 0 unspecified atom stereocenters. The number of fused-ring (bicyclic) bond motifs is 14. The van der Waals surface area contributed by atoms with Crippen LogP contribution in [0.1, 0.15) is 50.1 Å². The van der Waals surface area contributed by atoms with Gasteiger partial charge in [-0.25, -0.2) is 0 Å². The summed E-state index contributed by atoms with van der Waals surface area (Å²) in [5.74, 6) is 0.